The molecular weight excluding hydrogens is 436 g/mol. The monoisotopic (exact) mass is 455 g/mol. The Morgan fingerprint density at radius 3 is 2.65 bits per heavy atom. The van der Waals surface area contributed by atoms with Gasteiger partial charge < -0.3 is 11.1 Å². The molecule has 1 aliphatic rings. The lowest BCUT2D eigenvalue weighted by Crippen LogP contribution is -2.41. The predicted molar refractivity (Wildman–Crippen MR) is 94.9 cm³/mol. The highest BCUT2D eigenvalue weighted by Gasteiger charge is 2.13. The molecule has 1 fully saturated rings. The van der Waals surface area contributed by atoms with Crippen LogP contribution in [-0.2, 0) is 6.54 Å². The van der Waals surface area contributed by atoms with Gasteiger partial charge in [0, 0.05) is 10.5 Å². The summed E-state index contributed by atoms with van der Waals surface area (Å²) in [6, 6.07) is 5.19. The van der Waals surface area contributed by atoms with Gasteiger partial charge in [0.05, 0.1) is 6.54 Å². The van der Waals surface area contributed by atoms with Gasteiger partial charge in [0.15, 0.2) is 5.96 Å². The maximum absolute atomic E-state index is 13.2. The van der Waals surface area contributed by atoms with E-state index in [-0.39, 0.29) is 29.8 Å². The smallest absolute Gasteiger partial charge is 0.189 e. The first-order chi connectivity index (χ1) is 9.13. The summed E-state index contributed by atoms with van der Waals surface area (Å²) in [4.78, 5) is 4.27. The summed E-state index contributed by atoms with van der Waals surface area (Å²) < 4.78 is 13.9. The Labute approximate surface area is 144 Å². The summed E-state index contributed by atoms with van der Waals surface area (Å²) in [5.41, 5.74) is 6.67. The van der Waals surface area contributed by atoms with E-state index in [9.17, 15) is 4.39 Å². The molecule has 1 aliphatic carbocycles. The van der Waals surface area contributed by atoms with Crippen LogP contribution in [0.1, 0.15) is 37.7 Å². The summed E-state index contributed by atoms with van der Waals surface area (Å²) in [5, 5.41) is 3.24. The lowest BCUT2D eigenvalue weighted by molar-refractivity contribution is 0.412. The van der Waals surface area contributed by atoms with Crippen LogP contribution in [-0.4, -0.2) is 12.0 Å². The Hall–Kier alpha value is -0.370. The van der Waals surface area contributed by atoms with E-state index >= 15 is 0 Å². The van der Waals surface area contributed by atoms with Crippen molar-refractivity contribution in [3.63, 3.8) is 0 Å². The average molecular weight is 456 g/mol. The van der Waals surface area contributed by atoms with Crippen molar-refractivity contribution in [2.75, 3.05) is 0 Å². The van der Waals surface area contributed by atoms with Crippen LogP contribution < -0.4 is 11.1 Å². The number of benzene rings is 1. The third kappa shape index (κ3) is 5.95. The Kier molecular flexibility index (Phi) is 7.79. The molecule has 0 amide bonds. The van der Waals surface area contributed by atoms with Gasteiger partial charge in [0.1, 0.15) is 5.82 Å². The fraction of sp³-hybridized carbons (Fsp3) is 0.500. The number of nitrogens with one attached hydrogen (secondary N) is 1. The molecule has 20 heavy (non-hydrogen) atoms. The van der Waals surface area contributed by atoms with Crippen molar-refractivity contribution >= 4 is 45.9 Å². The van der Waals surface area contributed by atoms with Crippen LogP contribution >= 0.6 is 39.9 Å². The topological polar surface area (TPSA) is 50.4 Å². The molecule has 2 rings (SSSR count). The molecule has 0 radical (unpaired) electrons. The van der Waals surface area contributed by atoms with Gasteiger partial charge in [-0.1, -0.05) is 35.2 Å². The second-order valence-electron chi connectivity index (χ2n) is 4.96. The highest BCUT2D eigenvalue weighted by molar-refractivity contribution is 14.0. The fourth-order valence-corrected chi connectivity index (χ4v) is 2.89. The minimum absolute atomic E-state index is 0. The van der Waals surface area contributed by atoms with Gasteiger partial charge in [-0.25, -0.2) is 9.38 Å². The molecule has 3 N–H and O–H groups in total. The minimum Gasteiger partial charge on any atom is -0.370 e. The van der Waals surface area contributed by atoms with Gasteiger partial charge >= 0.3 is 0 Å². The number of aliphatic imine (C=N–C) groups is 1. The van der Waals surface area contributed by atoms with Crippen LogP contribution in [0.5, 0.6) is 0 Å². The van der Waals surface area contributed by atoms with E-state index in [2.05, 4.69) is 26.2 Å². The Morgan fingerprint density at radius 1 is 1.30 bits per heavy atom. The van der Waals surface area contributed by atoms with E-state index in [0.717, 1.165) is 22.9 Å². The highest BCUT2D eigenvalue weighted by atomic mass is 127. The predicted octanol–water partition coefficient (Wildman–Crippen LogP) is 3.94. The van der Waals surface area contributed by atoms with Gasteiger partial charge in [0.25, 0.3) is 0 Å². The molecule has 0 heterocycles. The fourth-order valence-electron chi connectivity index (χ4n) is 2.38. The van der Waals surface area contributed by atoms with E-state index in [1.165, 1.54) is 31.4 Å². The molecule has 3 nitrogen and oxygen atoms in total. The largest absolute Gasteiger partial charge is 0.370 e. The van der Waals surface area contributed by atoms with Crippen molar-refractivity contribution in [1.82, 2.24) is 5.32 Å². The zero-order chi connectivity index (χ0) is 13.7. The van der Waals surface area contributed by atoms with Crippen molar-refractivity contribution in [2.24, 2.45) is 10.7 Å². The lowest BCUT2D eigenvalue weighted by Gasteiger charge is -2.23. The molecular formula is C14H20BrFIN3. The SMILES string of the molecule is I.NC(=NCc1cc(F)cc(Br)c1)NC1CCCCC1. The number of hydrogen-bond acceptors (Lipinski definition) is 1. The molecule has 0 saturated heterocycles. The molecule has 0 atom stereocenters. The molecule has 0 bridgehead atoms. The van der Waals surface area contributed by atoms with Crippen molar-refractivity contribution in [3.05, 3.63) is 34.1 Å². The molecule has 1 saturated carbocycles. The van der Waals surface area contributed by atoms with E-state index in [1.807, 2.05) is 6.07 Å². The third-order valence-electron chi connectivity index (χ3n) is 3.31. The summed E-state index contributed by atoms with van der Waals surface area (Å²) in [6.45, 7) is 0.391. The first kappa shape index (κ1) is 17.7. The molecule has 112 valence electrons. The standard InChI is InChI=1S/C14H19BrFN3.HI/c15-11-6-10(7-12(16)8-11)9-18-14(17)19-13-4-2-1-3-5-13;/h6-8,13H,1-5,9H2,(H3,17,18,19);1H. The number of halogens is 3. The van der Waals surface area contributed by atoms with Crippen molar-refractivity contribution in [2.45, 2.75) is 44.7 Å². The maximum atomic E-state index is 13.2. The first-order valence-electron chi connectivity index (χ1n) is 6.65. The highest BCUT2D eigenvalue weighted by Crippen LogP contribution is 2.17. The van der Waals surface area contributed by atoms with Crippen molar-refractivity contribution in [3.8, 4) is 0 Å². The van der Waals surface area contributed by atoms with Gasteiger partial charge in [-0.15, -0.1) is 24.0 Å². The van der Waals surface area contributed by atoms with Crippen LogP contribution in [0, 0.1) is 5.82 Å². The number of rotatable bonds is 3. The first-order valence-corrected chi connectivity index (χ1v) is 7.44. The molecule has 0 aliphatic heterocycles. The van der Waals surface area contributed by atoms with Gasteiger partial charge in [-0.3, -0.25) is 0 Å². The lowest BCUT2D eigenvalue weighted by atomic mass is 9.96. The average Bonchev–Trinajstić information content (AvgIpc) is 2.36. The van der Waals surface area contributed by atoms with Crippen LogP contribution in [0.25, 0.3) is 0 Å². The normalized spacial score (nSPS) is 16.6. The van der Waals surface area contributed by atoms with Gasteiger partial charge in [-0.2, -0.15) is 0 Å². The van der Waals surface area contributed by atoms with Crippen molar-refractivity contribution in [1.29, 1.82) is 0 Å². The molecule has 0 aromatic heterocycles. The summed E-state index contributed by atoms with van der Waals surface area (Å²) in [7, 11) is 0. The number of nitrogens with two attached hydrogens (primary N) is 1. The van der Waals surface area contributed by atoms with Crippen LogP contribution in [0.3, 0.4) is 0 Å². The molecule has 1 aromatic rings. The zero-order valence-electron chi connectivity index (χ0n) is 11.2. The van der Waals surface area contributed by atoms with E-state index in [0.29, 0.717) is 18.5 Å². The summed E-state index contributed by atoms with van der Waals surface area (Å²) >= 11 is 3.26. The van der Waals surface area contributed by atoms with Crippen LogP contribution in [0.15, 0.2) is 27.7 Å². The Bertz CT molecular complexity index is 441. The third-order valence-corrected chi connectivity index (χ3v) is 3.77. The Balaban J connectivity index is 0.00000200. The summed E-state index contributed by atoms with van der Waals surface area (Å²) in [5.74, 6) is 0.186. The second kappa shape index (κ2) is 8.81. The zero-order valence-corrected chi connectivity index (χ0v) is 15.2. The number of guanidine groups is 1. The van der Waals surface area contributed by atoms with Gasteiger partial charge in [0.2, 0.25) is 0 Å². The number of nitrogens with zero attached hydrogens (tertiary/aromatic N) is 1. The van der Waals surface area contributed by atoms with Gasteiger partial charge in [-0.05, 0) is 36.6 Å². The van der Waals surface area contributed by atoms with Crippen LogP contribution in [0.4, 0.5) is 4.39 Å². The van der Waals surface area contributed by atoms with Crippen molar-refractivity contribution < 1.29 is 4.39 Å². The molecule has 1 aromatic carbocycles. The van der Waals surface area contributed by atoms with E-state index in [4.69, 9.17) is 5.73 Å². The quantitative estimate of drug-likeness (QED) is 0.412. The summed E-state index contributed by atoms with van der Waals surface area (Å²) in [6.07, 6.45) is 6.12. The van der Waals surface area contributed by atoms with E-state index in [1.54, 1.807) is 0 Å². The van der Waals surface area contributed by atoms with E-state index < -0.39 is 0 Å². The Morgan fingerprint density at radius 2 is 2.00 bits per heavy atom. The minimum atomic E-state index is -0.265. The maximum Gasteiger partial charge on any atom is 0.189 e. The molecule has 0 spiro atoms. The second-order valence-corrected chi connectivity index (χ2v) is 5.87. The number of hydrogen-bond donors (Lipinski definition) is 2. The van der Waals surface area contributed by atoms with Crippen LogP contribution in [0.2, 0.25) is 0 Å². The molecule has 6 heteroatoms. The molecule has 0 unspecified atom stereocenters.